The maximum Gasteiger partial charge on any atom is 0.350 e. The number of thiazole rings is 1. The quantitative estimate of drug-likeness (QED) is 0.677. The molecule has 2 rings (SSSR count). The van der Waals surface area contributed by atoms with Crippen LogP contribution in [0.5, 0.6) is 0 Å². The molecule has 1 N–H and O–H groups in total. The smallest absolute Gasteiger partial charge is 0.350 e. The Morgan fingerprint density at radius 1 is 1.48 bits per heavy atom. The van der Waals surface area contributed by atoms with Gasteiger partial charge in [-0.25, -0.2) is 9.78 Å². The number of aryl methyl sites for hydroxylation is 1. The third-order valence-corrected chi connectivity index (χ3v) is 4.32. The topological polar surface area (TPSA) is 68.3 Å². The molecular formula is C14H14N2O3S2. The van der Waals surface area contributed by atoms with Crippen molar-refractivity contribution in [3.8, 4) is 0 Å². The van der Waals surface area contributed by atoms with Gasteiger partial charge in [0.05, 0.1) is 12.3 Å². The summed E-state index contributed by atoms with van der Waals surface area (Å²) in [5, 5.41) is 4.96. The summed E-state index contributed by atoms with van der Waals surface area (Å²) in [7, 11) is 0. The summed E-state index contributed by atoms with van der Waals surface area (Å²) in [4.78, 5) is 29.0. The fraction of sp³-hybridized carbons (Fsp3) is 0.214. The lowest BCUT2D eigenvalue weighted by Crippen LogP contribution is -2.07. The number of esters is 1. The average molecular weight is 322 g/mol. The van der Waals surface area contributed by atoms with Crippen molar-refractivity contribution < 1.29 is 14.3 Å². The van der Waals surface area contributed by atoms with Crippen LogP contribution in [-0.4, -0.2) is 23.5 Å². The Labute approximate surface area is 130 Å². The number of hydrogen-bond donors (Lipinski definition) is 1. The summed E-state index contributed by atoms with van der Waals surface area (Å²) in [6, 6.07) is 3.83. The van der Waals surface area contributed by atoms with Gasteiger partial charge in [-0.05, 0) is 31.4 Å². The van der Waals surface area contributed by atoms with Gasteiger partial charge in [0.25, 0.3) is 0 Å². The number of carbonyl (C=O) groups is 2. The molecule has 0 saturated carbocycles. The predicted octanol–water partition coefficient (Wildman–Crippen LogP) is 3.34. The molecule has 0 fully saturated rings. The van der Waals surface area contributed by atoms with E-state index in [1.54, 1.807) is 31.3 Å². The predicted molar refractivity (Wildman–Crippen MR) is 84.8 cm³/mol. The fourth-order valence-electron chi connectivity index (χ4n) is 1.53. The van der Waals surface area contributed by atoms with Crippen LogP contribution in [0, 0.1) is 6.92 Å². The highest BCUT2D eigenvalue weighted by molar-refractivity contribution is 7.17. The molecule has 5 nitrogen and oxygen atoms in total. The normalized spacial score (nSPS) is 10.8. The number of nitrogens with one attached hydrogen (secondary N) is 1. The van der Waals surface area contributed by atoms with E-state index < -0.39 is 5.97 Å². The number of thiophene rings is 1. The highest BCUT2D eigenvalue weighted by atomic mass is 32.1. The maximum atomic E-state index is 11.8. The Morgan fingerprint density at radius 2 is 2.29 bits per heavy atom. The van der Waals surface area contributed by atoms with Gasteiger partial charge in [0, 0.05) is 11.0 Å². The highest BCUT2D eigenvalue weighted by Gasteiger charge is 2.16. The Morgan fingerprint density at radius 3 is 2.95 bits per heavy atom. The van der Waals surface area contributed by atoms with Gasteiger partial charge in [0.15, 0.2) is 5.13 Å². The van der Waals surface area contributed by atoms with E-state index in [2.05, 4.69) is 10.3 Å². The van der Waals surface area contributed by atoms with E-state index in [9.17, 15) is 9.59 Å². The second kappa shape index (κ2) is 7.14. The molecule has 0 aromatic carbocycles. The Bertz CT molecular complexity index is 660. The molecule has 0 aliphatic heterocycles. The standard InChI is InChI=1S/C14H14N2O3S2/c1-3-19-13(18)12-9(2)15-14(21-12)16-11(17)7-6-10-5-4-8-20-10/h4-8H,3H2,1-2H3,(H,15,16,17). The number of nitrogens with zero attached hydrogens (tertiary/aromatic N) is 1. The van der Waals surface area contributed by atoms with Crippen molar-refractivity contribution in [1.29, 1.82) is 0 Å². The summed E-state index contributed by atoms with van der Waals surface area (Å²) in [5.41, 5.74) is 0.552. The Balaban J connectivity index is 2.01. The van der Waals surface area contributed by atoms with Gasteiger partial charge in [0.2, 0.25) is 5.91 Å². The number of ether oxygens (including phenoxy) is 1. The molecule has 110 valence electrons. The maximum absolute atomic E-state index is 11.8. The number of rotatable bonds is 5. The highest BCUT2D eigenvalue weighted by Crippen LogP contribution is 2.23. The molecule has 0 atom stereocenters. The van der Waals surface area contributed by atoms with E-state index in [1.807, 2.05) is 17.5 Å². The van der Waals surface area contributed by atoms with Crippen LogP contribution in [0.25, 0.3) is 6.08 Å². The summed E-state index contributed by atoms with van der Waals surface area (Å²) in [6.45, 7) is 3.76. The molecule has 0 bridgehead atoms. The van der Waals surface area contributed by atoms with Crippen molar-refractivity contribution in [3.05, 3.63) is 39.0 Å². The van der Waals surface area contributed by atoms with E-state index >= 15 is 0 Å². The van der Waals surface area contributed by atoms with E-state index in [0.717, 1.165) is 16.2 Å². The van der Waals surface area contributed by atoms with Crippen LogP contribution >= 0.6 is 22.7 Å². The minimum atomic E-state index is -0.415. The van der Waals surface area contributed by atoms with Crippen LogP contribution in [0.15, 0.2) is 23.6 Å². The molecule has 2 aromatic rings. The molecule has 0 radical (unpaired) electrons. The van der Waals surface area contributed by atoms with Crippen molar-refractivity contribution in [3.63, 3.8) is 0 Å². The van der Waals surface area contributed by atoms with Crippen LogP contribution in [0.2, 0.25) is 0 Å². The second-order valence-corrected chi connectivity index (χ2v) is 5.97. The first kappa shape index (κ1) is 15.4. The van der Waals surface area contributed by atoms with Crippen molar-refractivity contribution >= 4 is 45.8 Å². The zero-order chi connectivity index (χ0) is 15.2. The summed E-state index contributed by atoms with van der Waals surface area (Å²) < 4.78 is 4.93. The fourth-order valence-corrected chi connectivity index (χ4v) is 3.01. The summed E-state index contributed by atoms with van der Waals surface area (Å²) in [5.74, 6) is -0.699. The zero-order valence-electron chi connectivity index (χ0n) is 11.6. The minimum absolute atomic E-state index is 0.285. The van der Waals surface area contributed by atoms with Crippen molar-refractivity contribution in [2.45, 2.75) is 13.8 Å². The third kappa shape index (κ3) is 4.24. The molecule has 0 spiro atoms. The van der Waals surface area contributed by atoms with Gasteiger partial charge in [-0.15, -0.1) is 11.3 Å². The molecule has 1 amide bonds. The summed E-state index contributed by atoms with van der Waals surface area (Å²) >= 11 is 2.66. The molecule has 2 aromatic heterocycles. The van der Waals surface area contributed by atoms with E-state index in [-0.39, 0.29) is 5.91 Å². The first-order valence-electron chi connectivity index (χ1n) is 6.27. The Hall–Kier alpha value is -1.99. The summed E-state index contributed by atoms with van der Waals surface area (Å²) in [6.07, 6.45) is 3.17. The molecule has 7 heteroatoms. The van der Waals surface area contributed by atoms with Crippen molar-refractivity contribution in [2.75, 3.05) is 11.9 Å². The van der Waals surface area contributed by atoms with Crippen LogP contribution in [0.3, 0.4) is 0 Å². The van der Waals surface area contributed by atoms with Crippen LogP contribution in [-0.2, 0) is 9.53 Å². The van der Waals surface area contributed by atoms with Crippen molar-refractivity contribution in [2.24, 2.45) is 0 Å². The number of carbonyl (C=O) groups excluding carboxylic acids is 2. The monoisotopic (exact) mass is 322 g/mol. The molecule has 0 unspecified atom stereocenters. The third-order valence-electron chi connectivity index (χ3n) is 2.43. The Kier molecular flexibility index (Phi) is 5.24. The zero-order valence-corrected chi connectivity index (χ0v) is 13.2. The van der Waals surface area contributed by atoms with Gasteiger partial charge in [0.1, 0.15) is 4.88 Å². The molecule has 0 aliphatic carbocycles. The lowest BCUT2D eigenvalue weighted by Gasteiger charge is -1.97. The lowest BCUT2D eigenvalue weighted by molar-refractivity contribution is -0.111. The second-order valence-electron chi connectivity index (χ2n) is 3.99. The molecule has 2 heterocycles. The molecule has 0 saturated heterocycles. The van der Waals surface area contributed by atoms with Crippen LogP contribution in [0.4, 0.5) is 5.13 Å². The van der Waals surface area contributed by atoms with E-state index in [4.69, 9.17) is 4.74 Å². The first-order chi connectivity index (χ1) is 10.1. The SMILES string of the molecule is CCOC(=O)c1sc(NC(=O)C=Cc2cccs2)nc1C. The molecular weight excluding hydrogens is 308 g/mol. The van der Waals surface area contributed by atoms with Gasteiger partial charge < -0.3 is 4.74 Å². The number of aromatic nitrogens is 1. The van der Waals surface area contributed by atoms with Crippen LogP contribution in [0.1, 0.15) is 27.2 Å². The lowest BCUT2D eigenvalue weighted by atomic mass is 10.4. The van der Waals surface area contributed by atoms with Gasteiger partial charge in [-0.3, -0.25) is 10.1 Å². The van der Waals surface area contributed by atoms with E-state index in [0.29, 0.717) is 22.3 Å². The molecule has 0 aliphatic rings. The molecule has 21 heavy (non-hydrogen) atoms. The van der Waals surface area contributed by atoms with Gasteiger partial charge in [-0.2, -0.15) is 0 Å². The number of anilines is 1. The first-order valence-corrected chi connectivity index (χ1v) is 7.97. The van der Waals surface area contributed by atoms with Gasteiger partial charge in [-0.1, -0.05) is 17.4 Å². The minimum Gasteiger partial charge on any atom is -0.462 e. The number of amides is 1. The number of hydrogen-bond acceptors (Lipinski definition) is 6. The van der Waals surface area contributed by atoms with Crippen molar-refractivity contribution in [1.82, 2.24) is 4.98 Å². The van der Waals surface area contributed by atoms with Gasteiger partial charge >= 0.3 is 5.97 Å². The van der Waals surface area contributed by atoms with Crippen LogP contribution < -0.4 is 5.32 Å². The van der Waals surface area contributed by atoms with E-state index in [1.165, 1.54) is 6.08 Å². The largest absolute Gasteiger partial charge is 0.462 e. The average Bonchev–Trinajstić information content (AvgIpc) is 3.06.